The summed E-state index contributed by atoms with van der Waals surface area (Å²) in [6, 6.07) is 12.5. The number of carbonyl (C=O) groups is 2. The summed E-state index contributed by atoms with van der Waals surface area (Å²) in [5.74, 6) is -1.58. The summed E-state index contributed by atoms with van der Waals surface area (Å²) in [6.07, 6.45) is -0.951. The van der Waals surface area contributed by atoms with E-state index in [0.29, 0.717) is 5.56 Å². The third-order valence-corrected chi connectivity index (χ3v) is 3.86. The predicted molar refractivity (Wildman–Crippen MR) is 99.1 cm³/mol. The molecule has 3 N–H and O–H groups in total. The molecule has 2 amide bonds. The van der Waals surface area contributed by atoms with Gasteiger partial charge in [-0.3, -0.25) is 20.4 Å². The molecule has 1 unspecified atom stereocenters. The van der Waals surface area contributed by atoms with E-state index in [2.05, 4.69) is 10.9 Å². The number of ether oxygens (including phenoxy) is 1. The lowest BCUT2D eigenvalue weighted by Gasteiger charge is -2.22. The minimum Gasteiger partial charge on any atom is -0.507 e. The molecule has 2 aromatic carbocycles. The molecule has 0 heterocycles. The molecule has 0 saturated carbocycles. The van der Waals surface area contributed by atoms with Gasteiger partial charge in [-0.2, -0.15) is 5.26 Å². The summed E-state index contributed by atoms with van der Waals surface area (Å²) in [5.41, 5.74) is 4.69. The van der Waals surface area contributed by atoms with Crippen LogP contribution in [0.5, 0.6) is 11.5 Å². The Morgan fingerprint density at radius 2 is 1.89 bits per heavy atom. The first kappa shape index (κ1) is 20.1. The Hall–Kier alpha value is -3.24. The van der Waals surface area contributed by atoms with Crippen LogP contribution in [-0.4, -0.2) is 23.0 Å². The molecule has 140 valence electrons. The number of nitriles is 1. The zero-order valence-corrected chi connectivity index (χ0v) is 15.4. The number of hydrazine groups is 1. The number of rotatable bonds is 5. The van der Waals surface area contributed by atoms with Gasteiger partial charge in [-0.15, -0.1) is 0 Å². The van der Waals surface area contributed by atoms with Crippen LogP contribution in [0.25, 0.3) is 0 Å². The summed E-state index contributed by atoms with van der Waals surface area (Å²) >= 11 is 5.81. The minimum atomic E-state index is -0.951. The SMILES string of the molecule is CC(C)C(Oc1ccccc1C#N)C(=O)NNC(=O)c1cc(Cl)ccc1O. The number of nitrogens with one attached hydrogen (secondary N) is 2. The fourth-order valence-electron chi connectivity index (χ4n) is 2.24. The number of benzene rings is 2. The number of carbonyl (C=O) groups excluding carboxylic acids is 2. The molecule has 0 aliphatic rings. The Labute approximate surface area is 161 Å². The third-order valence-electron chi connectivity index (χ3n) is 3.63. The average Bonchev–Trinajstić information content (AvgIpc) is 2.65. The third kappa shape index (κ3) is 5.12. The summed E-state index contributed by atoms with van der Waals surface area (Å²) in [6.45, 7) is 3.54. The van der Waals surface area contributed by atoms with Gasteiger partial charge >= 0.3 is 0 Å². The molecule has 2 rings (SSSR count). The van der Waals surface area contributed by atoms with Crippen molar-refractivity contribution < 1.29 is 19.4 Å². The molecule has 0 spiro atoms. The normalized spacial score (nSPS) is 11.4. The first-order valence-corrected chi connectivity index (χ1v) is 8.45. The van der Waals surface area contributed by atoms with Crippen LogP contribution in [0.15, 0.2) is 42.5 Å². The highest BCUT2D eigenvalue weighted by Crippen LogP contribution is 2.22. The van der Waals surface area contributed by atoms with Crippen molar-refractivity contribution >= 4 is 23.4 Å². The Bertz CT molecular complexity index is 893. The van der Waals surface area contributed by atoms with Gasteiger partial charge in [0.15, 0.2) is 6.10 Å². The topological polar surface area (TPSA) is 111 Å². The van der Waals surface area contributed by atoms with E-state index >= 15 is 0 Å². The van der Waals surface area contributed by atoms with Gasteiger partial charge in [-0.25, -0.2) is 0 Å². The number of phenolic OH excluding ortho intramolecular Hbond substituents is 1. The van der Waals surface area contributed by atoms with Crippen molar-refractivity contribution in [3.05, 3.63) is 58.6 Å². The predicted octanol–water partition coefficient (Wildman–Crippen LogP) is 2.78. The zero-order chi connectivity index (χ0) is 20.0. The zero-order valence-electron chi connectivity index (χ0n) is 14.7. The molecule has 0 fully saturated rings. The Morgan fingerprint density at radius 1 is 1.19 bits per heavy atom. The average molecular weight is 388 g/mol. The molecule has 0 aliphatic carbocycles. The Morgan fingerprint density at radius 3 is 2.56 bits per heavy atom. The molecule has 0 saturated heterocycles. The van der Waals surface area contributed by atoms with Crippen LogP contribution in [0.3, 0.4) is 0 Å². The molecular formula is C19H18ClN3O4. The first-order valence-electron chi connectivity index (χ1n) is 8.08. The van der Waals surface area contributed by atoms with E-state index in [0.717, 1.165) is 0 Å². The van der Waals surface area contributed by atoms with Gasteiger partial charge in [0.25, 0.3) is 11.8 Å². The van der Waals surface area contributed by atoms with Crippen LogP contribution in [0.2, 0.25) is 5.02 Å². The van der Waals surface area contributed by atoms with Gasteiger partial charge in [0.1, 0.15) is 17.6 Å². The second-order valence-corrected chi connectivity index (χ2v) is 6.43. The maximum absolute atomic E-state index is 12.5. The van der Waals surface area contributed by atoms with Crippen LogP contribution < -0.4 is 15.6 Å². The van der Waals surface area contributed by atoms with Crippen LogP contribution in [-0.2, 0) is 4.79 Å². The van der Waals surface area contributed by atoms with Crippen molar-refractivity contribution in [1.29, 1.82) is 5.26 Å². The summed E-state index contributed by atoms with van der Waals surface area (Å²) in [4.78, 5) is 24.6. The van der Waals surface area contributed by atoms with E-state index in [4.69, 9.17) is 21.6 Å². The molecule has 0 aromatic heterocycles. The van der Waals surface area contributed by atoms with Crippen LogP contribution in [0.4, 0.5) is 0 Å². The number of aromatic hydroxyl groups is 1. The van der Waals surface area contributed by atoms with Crippen molar-refractivity contribution in [2.75, 3.05) is 0 Å². The molecule has 0 aliphatic heterocycles. The van der Waals surface area contributed by atoms with E-state index in [9.17, 15) is 14.7 Å². The standard InChI is InChI=1S/C19H18ClN3O4/c1-11(2)17(27-16-6-4-3-5-12(16)10-21)19(26)23-22-18(25)14-9-13(20)7-8-15(14)24/h3-9,11,17,24H,1-2H3,(H,22,25)(H,23,26). The molecule has 0 bridgehead atoms. The monoisotopic (exact) mass is 387 g/mol. The Kier molecular flexibility index (Phi) is 6.63. The molecule has 1 atom stereocenters. The Balaban J connectivity index is 2.08. The molecular weight excluding hydrogens is 370 g/mol. The van der Waals surface area contributed by atoms with Gasteiger partial charge in [0.2, 0.25) is 0 Å². The quantitative estimate of drug-likeness (QED) is 0.683. The number of hydrogen-bond acceptors (Lipinski definition) is 5. The van der Waals surface area contributed by atoms with Gasteiger partial charge in [0, 0.05) is 5.02 Å². The second-order valence-electron chi connectivity index (χ2n) is 6.00. The molecule has 8 heteroatoms. The fraction of sp³-hybridized carbons (Fsp3) is 0.211. The highest BCUT2D eigenvalue weighted by Gasteiger charge is 2.26. The highest BCUT2D eigenvalue weighted by molar-refractivity contribution is 6.31. The van der Waals surface area contributed by atoms with Crippen molar-refractivity contribution in [1.82, 2.24) is 10.9 Å². The van der Waals surface area contributed by atoms with Crippen LogP contribution >= 0.6 is 11.6 Å². The van der Waals surface area contributed by atoms with Gasteiger partial charge in [-0.1, -0.05) is 37.6 Å². The summed E-state index contributed by atoms with van der Waals surface area (Å²) < 4.78 is 5.68. The van der Waals surface area contributed by atoms with E-state index in [1.165, 1.54) is 18.2 Å². The second kappa shape index (κ2) is 8.92. The van der Waals surface area contributed by atoms with Crippen molar-refractivity contribution in [3.63, 3.8) is 0 Å². The van der Waals surface area contributed by atoms with E-state index < -0.39 is 17.9 Å². The summed E-state index contributed by atoms with van der Waals surface area (Å²) in [7, 11) is 0. The molecule has 7 nitrogen and oxygen atoms in total. The van der Waals surface area contributed by atoms with Gasteiger partial charge in [-0.05, 0) is 36.2 Å². The largest absolute Gasteiger partial charge is 0.507 e. The maximum Gasteiger partial charge on any atom is 0.279 e. The van der Waals surface area contributed by atoms with Crippen LogP contribution in [0, 0.1) is 17.2 Å². The number of hydrogen-bond donors (Lipinski definition) is 3. The molecule has 2 aromatic rings. The van der Waals surface area contributed by atoms with Crippen LogP contribution in [0.1, 0.15) is 29.8 Å². The number of amides is 2. The molecule has 27 heavy (non-hydrogen) atoms. The van der Waals surface area contributed by atoms with Crippen molar-refractivity contribution in [3.8, 4) is 17.6 Å². The number of para-hydroxylation sites is 1. The first-order chi connectivity index (χ1) is 12.8. The van der Waals surface area contributed by atoms with Gasteiger partial charge < -0.3 is 9.84 Å². The van der Waals surface area contributed by atoms with Gasteiger partial charge in [0.05, 0.1) is 11.1 Å². The number of halogens is 1. The lowest BCUT2D eigenvalue weighted by Crippen LogP contribution is -2.49. The number of nitrogens with zero attached hydrogens (tertiary/aromatic N) is 1. The minimum absolute atomic E-state index is 0.0837. The van der Waals surface area contributed by atoms with E-state index in [1.54, 1.807) is 38.1 Å². The lowest BCUT2D eigenvalue weighted by atomic mass is 10.1. The smallest absolute Gasteiger partial charge is 0.279 e. The summed E-state index contributed by atoms with van der Waals surface area (Å²) in [5, 5.41) is 19.1. The van der Waals surface area contributed by atoms with Crippen molar-refractivity contribution in [2.45, 2.75) is 20.0 Å². The fourth-order valence-corrected chi connectivity index (χ4v) is 2.41. The lowest BCUT2D eigenvalue weighted by molar-refractivity contribution is -0.130. The van der Waals surface area contributed by atoms with Crippen molar-refractivity contribution in [2.24, 2.45) is 5.92 Å². The number of phenols is 1. The highest BCUT2D eigenvalue weighted by atomic mass is 35.5. The maximum atomic E-state index is 12.5. The molecule has 0 radical (unpaired) electrons. The van der Waals surface area contributed by atoms with E-state index in [-0.39, 0.29) is 28.0 Å². The van der Waals surface area contributed by atoms with E-state index in [1.807, 2.05) is 6.07 Å².